The number of anilines is 2. The van der Waals surface area contributed by atoms with Crippen LogP contribution in [0.4, 0.5) is 11.8 Å². The van der Waals surface area contributed by atoms with Crippen LogP contribution >= 0.6 is 0 Å². The van der Waals surface area contributed by atoms with E-state index in [1.54, 1.807) is 12.3 Å². The quantitative estimate of drug-likeness (QED) is 0.801. The van der Waals surface area contributed by atoms with Crippen LogP contribution in [-0.2, 0) is 6.42 Å². The van der Waals surface area contributed by atoms with E-state index in [2.05, 4.69) is 27.2 Å². The van der Waals surface area contributed by atoms with E-state index in [0.717, 1.165) is 25.1 Å². The fourth-order valence-corrected chi connectivity index (χ4v) is 1.67. The molecule has 6 nitrogen and oxygen atoms in total. The Labute approximate surface area is 118 Å². The van der Waals surface area contributed by atoms with Crippen molar-refractivity contribution in [2.45, 2.75) is 19.8 Å². The van der Waals surface area contributed by atoms with Crippen molar-refractivity contribution in [3.05, 3.63) is 36.2 Å². The Morgan fingerprint density at radius 3 is 2.95 bits per heavy atom. The van der Waals surface area contributed by atoms with Gasteiger partial charge in [0, 0.05) is 30.9 Å². The van der Waals surface area contributed by atoms with Crippen molar-refractivity contribution in [2.75, 3.05) is 24.2 Å². The van der Waals surface area contributed by atoms with Gasteiger partial charge in [-0.3, -0.25) is 4.98 Å². The van der Waals surface area contributed by atoms with Crippen molar-refractivity contribution in [2.24, 2.45) is 0 Å². The second-order valence-corrected chi connectivity index (χ2v) is 4.30. The first-order valence-corrected chi connectivity index (χ1v) is 6.69. The molecule has 20 heavy (non-hydrogen) atoms. The molecular formula is C14H19N5O. The average molecular weight is 273 g/mol. The van der Waals surface area contributed by atoms with Crippen molar-refractivity contribution in [1.29, 1.82) is 0 Å². The Kier molecular flexibility index (Phi) is 5.11. The number of nitrogens with one attached hydrogen (secondary N) is 1. The minimum atomic E-state index is 0.207. The molecule has 0 amide bonds. The van der Waals surface area contributed by atoms with Crippen LogP contribution in [0.3, 0.4) is 0 Å². The Morgan fingerprint density at radius 2 is 2.20 bits per heavy atom. The minimum absolute atomic E-state index is 0.207. The van der Waals surface area contributed by atoms with E-state index in [0.29, 0.717) is 18.3 Å². The van der Waals surface area contributed by atoms with E-state index in [1.807, 2.05) is 18.2 Å². The van der Waals surface area contributed by atoms with Crippen LogP contribution in [-0.4, -0.2) is 28.1 Å². The number of rotatable bonds is 7. The van der Waals surface area contributed by atoms with E-state index in [4.69, 9.17) is 10.5 Å². The fraction of sp³-hybridized carbons (Fsp3) is 0.357. The van der Waals surface area contributed by atoms with Crippen LogP contribution in [0.15, 0.2) is 30.5 Å². The number of aromatic nitrogens is 3. The third-order valence-corrected chi connectivity index (χ3v) is 2.61. The predicted molar refractivity (Wildman–Crippen MR) is 78.7 cm³/mol. The highest BCUT2D eigenvalue weighted by atomic mass is 16.5. The Balaban J connectivity index is 1.90. The fourth-order valence-electron chi connectivity index (χ4n) is 1.67. The highest BCUT2D eigenvalue weighted by Gasteiger charge is 2.03. The normalized spacial score (nSPS) is 10.2. The number of nitrogens with zero attached hydrogens (tertiary/aromatic N) is 3. The summed E-state index contributed by atoms with van der Waals surface area (Å²) in [7, 11) is 0. The summed E-state index contributed by atoms with van der Waals surface area (Å²) in [4.78, 5) is 12.4. The van der Waals surface area contributed by atoms with E-state index in [-0.39, 0.29) is 5.95 Å². The molecule has 0 spiro atoms. The van der Waals surface area contributed by atoms with Gasteiger partial charge in [-0.25, -0.2) is 0 Å². The second-order valence-electron chi connectivity index (χ2n) is 4.30. The summed E-state index contributed by atoms with van der Waals surface area (Å²) in [6.07, 6.45) is 3.51. The zero-order valence-corrected chi connectivity index (χ0v) is 11.5. The van der Waals surface area contributed by atoms with Crippen LogP contribution < -0.4 is 15.8 Å². The van der Waals surface area contributed by atoms with Crippen molar-refractivity contribution in [3.63, 3.8) is 0 Å². The molecule has 106 valence electrons. The third-order valence-electron chi connectivity index (χ3n) is 2.61. The molecule has 0 aromatic carbocycles. The molecular weight excluding hydrogens is 254 g/mol. The summed E-state index contributed by atoms with van der Waals surface area (Å²) < 4.78 is 5.60. The molecule has 0 aliphatic carbocycles. The molecule has 0 fully saturated rings. The van der Waals surface area contributed by atoms with E-state index >= 15 is 0 Å². The molecule has 2 rings (SSSR count). The molecule has 0 saturated heterocycles. The molecule has 0 unspecified atom stereocenters. The lowest BCUT2D eigenvalue weighted by molar-refractivity contribution is 0.308. The molecule has 6 heteroatoms. The molecule has 0 aliphatic rings. The number of ether oxygens (including phenoxy) is 1. The van der Waals surface area contributed by atoms with Gasteiger partial charge in [0.05, 0.1) is 6.61 Å². The molecule has 2 aromatic rings. The molecule has 0 atom stereocenters. The van der Waals surface area contributed by atoms with Crippen LogP contribution in [0.5, 0.6) is 5.88 Å². The van der Waals surface area contributed by atoms with Crippen LogP contribution in [0.25, 0.3) is 0 Å². The van der Waals surface area contributed by atoms with Crippen molar-refractivity contribution >= 4 is 11.8 Å². The minimum Gasteiger partial charge on any atom is -0.477 e. The van der Waals surface area contributed by atoms with Gasteiger partial charge in [-0.1, -0.05) is 13.0 Å². The Bertz CT molecular complexity index is 532. The van der Waals surface area contributed by atoms with Crippen LogP contribution in [0, 0.1) is 0 Å². The predicted octanol–water partition coefficient (Wildman–Crippen LogP) is 1.90. The summed E-state index contributed by atoms with van der Waals surface area (Å²) in [5, 5.41) is 3.16. The molecule has 0 radical (unpaired) electrons. The van der Waals surface area contributed by atoms with Crippen molar-refractivity contribution < 1.29 is 4.74 Å². The highest BCUT2D eigenvalue weighted by Crippen LogP contribution is 2.14. The van der Waals surface area contributed by atoms with Crippen molar-refractivity contribution in [3.8, 4) is 5.88 Å². The highest BCUT2D eigenvalue weighted by molar-refractivity contribution is 5.42. The SMILES string of the molecule is CCCNc1cc(OCCc2ccccn2)nc(N)n1. The van der Waals surface area contributed by atoms with E-state index in [1.165, 1.54) is 0 Å². The van der Waals surface area contributed by atoms with Crippen molar-refractivity contribution in [1.82, 2.24) is 15.0 Å². The topological polar surface area (TPSA) is 86.0 Å². The molecule has 0 bridgehead atoms. The Morgan fingerprint density at radius 1 is 1.30 bits per heavy atom. The zero-order valence-electron chi connectivity index (χ0n) is 11.5. The van der Waals surface area contributed by atoms with Gasteiger partial charge in [0.25, 0.3) is 0 Å². The van der Waals surface area contributed by atoms with Gasteiger partial charge in [-0.15, -0.1) is 0 Å². The van der Waals surface area contributed by atoms with Gasteiger partial charge in [-0.05, 0) is 18.6 Å². The summed E-state index contributed by atoms with van der Waals surface area (Å²) >= 11 is 0. The number of hydrogen-bond donors (Lipinski definition) is 2. The van der Waals surface area contributed by atoms with Gasteiger partial charge < -0.3 is 15.8 Å². The number of nitrogen functional groups attached to an aromatic ring is 1. The summed E-state index contributed by atoms with van der Waals surface area (Å²) in [6.45, 7) is 3.42. The number of pyridine rings is 1. The first kappa shape index (κ1) is 14.0. The second kappa shape index (κ2) is 7.28. The van der Waals surface area contributed by atoms with E-state index in [9.17, 15) is 0 Å². The van der Waals surface area contributed by atoms with Crippen LogP contribution in [0.1, 0.15) is 19.0 Å². The number of hydrogen-bond acceptors (Lipinski definition) is 6. The first-order valence-electron chi connectivity index (χ1n) is 6.69. The molecule has 0 saturated carbocycles. The largest absolute Gasteiger partial charge is 0.477 e. The average Bonchev–Trinajstić information content (AvgIpc) is 2.46. The van der Waals surface area contributed by atoms with Gasteiger partial charge in [0.2, 0.25) is 11.8 Å². The van der Waals surface area contributed by atoms with Gasteiger partial charge in [0.1, 0.15) is 5.82 Å². The molecule has 2 heterocycles. The standard InChI is InChI=1S/C14H19N5O/c1-2-7-17-12-10-13(19-14(15)18-12)20-9-6-11-5-3-4-8-16-11/h3-5,8,10H,2,6-7,9H2,1H3,(H3,15,17,18,19). The maximum absolute atomic E-state index is 5.66. The monoisotopic (exact) mass is 273 g/mol. The lowest BCUT2D eigenvalue weighted by Gasteiger charge is -2.08. The third kappa shape index (κ3) is 4.38. The first-order chi connectivity index (χ1) is 9.78. The van der Waals surface area contributed by atoms with Gasteiger partial charge >= 0.3 is 0 Å². The lowest BCUT2D eigenvalue weighted by Crippen LogP contribution is -2.08. The maximum Gasteiger partial charge on any atom is 0.225 e. The lowest BCUT2D eigenvalue weighted by atomic mass is 10.3. The Hall–Kier alpha value is -2.37. The summed E-state index contributed by atoms with van der Waals surface area (Å²) in [6, 6.07) is 7.56. The van der Waals surface area contributed by atoms with Crippen LogP contribution in [0.2, 0.25) is 0 Å². The summed E-state index contributed by atoms with van der Waals surface area (Å²) in [5.41, 5.74) is 6.64. The van der Waals surface area contributed by atoms with Gasteiger partial charge in [0.15, 0.2) is 0 Å². The maximum atomic E-state index is 5.66. The zero-order chi connectivity index (χ0) is 14.2. The smallest absolute Gasteiger partial charge is 0.225 e. The van der Waals surface area contributed by atoms with E-state index < -0.39 is 0 Å². The number of nitrogens with two attached hydrogens (primary N) is 1. The summed E-state index contributed by atoms with van der Waals surface area (Å²) in [5.74, 6) is 1.37. The molecule has 2 aromatic heterocycles. The van der Waals surface area contributed by atoms with Gasteiger partial charge in [-0.2, -0.15) is 9.97 Å². The molecule has 3 N–H and O–H groups in total. The molecule has 0 aliphatic heterocycles.